The highest BCUT2D eigenvalue weighted by Gasteiger charge is 2.39. The summed E-state index contributed by atoms with van der Waals surface area (Å²) in [6.07, 6.45) is 4.82. The standard InChI is InChI=1S/C12H16N2S2/c1-8-7-9-10(16-8)3-2-4-12(9)5-6-15-11(13)14-12/h7H,2-6H2,1H3,(H2,13,14). The molecule has 1 unspecified atom stereocenters. The second-order valence-corrected chi connectivity index (χ2v) is 7.08. The van der Waals surface area contributed by atoms with Crippen LogP contribution in [0.4, 0.5) is 0 Å². The Balaban J connectivity index is 2.12. The third-order valence-electron chi connectivity index (χ3n) is 3.52. The molecule has 1 spiro atoms. The molecule has 0 saturated heterocycles. The van der Waals surface area contributed by atoms with Crippen molar-refractivity contribution >= 4 is 28.3 Å². The molecule has 2 nitrogen and oxygen atoms in total. The van der Waals surface area contributed by atoms with E-state index in [9.17, 15) is 0 Å². The Labute approximate surface area is 104 Å². The van der Waals surface area contributed by atoms with Crippen molar-refractivity contribution in [3.05, 3.63) is 21.4 Å². The topological polar surface area (TPSA) is 38.4 Å². The molecule has 86 valence electrons. The van der Waals surface area contributed by atoms with Crippen molar-refractivity contribution in [2.24, 2.45) is 10.7 Å². The highest BCUT2D eigenvalue weighted by molar-refractivity contribution is 8.13. The summed E-state index contributed by atoms with van der Waals surface area (Å²) in [4.78, 5) is 7.76. The van der Waals surface area contributed by atoms with Gasteiger partial charge in [0.2, 0.25) is 0 Å². The summed E-state index contributed by atoms with van der Waals surface area (Å²) < 4.78 is 0. The Kier molecular flexibility index (Phi) is 2.51. The first-order valence-corrected chi connectivity index (χ1v) is 7.58. The van der Waals surface area contributed by atoms with E-state index in [2.05, 4.69) is 13.0 Å². The van der Waals surface area contributed by atoms with E-state index >= 15 is 0 Å². The number of nitrogens with two attached hydrogens (primary N) is 1. The van der Waals surface area contributed by atoms with Gasteiger partial charge in [-0.25, -0.2) is 0 Å². The first-order chi connectivity index (χ1) is 7.70. The largest absolute Gasteiger partial charge is 0.379 e. The molecule has 0 amide bonds. The second-order valence-electron chi connectivity index (χ2n) is 4.63. The molecule has 1 aromatic heterocycles. The number of thiophene rings is 1. The predicted molar refractivity (Wildman–Crippen MR) is 72.4 cm³/mol. The lowest BCUT2D eigenvalue weighted by atomic mass is 9.78. The van der Waals surface area contributed by atoms with Gasteiger partial charge in [0.25, 0.3) is 0 Å². The molecule has 0 aromatic carbocycles. The minimum Gasteiger partial charge on any atom is -0.379 e. The van der Waals surface area contributed by atoms with Gasteiger partial charge < -0.3 is 5.73 Å². The molecule has 0 saturated carbocycles. The number of aryl methyl sites for hydroxylation is 2. The molecule has 1 aliphatic carbocycles. The van der Waals surface area contributed by atoms with E-state index in [0.717, 1.165) is 17.3 Å². The average Bonchev–Trinajstić information content (AvgIpc) is 2.60. The maximum absolute atomic E-state index is 5.92. The minimum absolute atomic E-state index is 0.0354. The Morgan fingerprint density at radius 1 is 1.44 bits per heavy atom. The molecule has 0 fully saturated rings. The van der Waals surface area contributed by atoms with Crippen molar-refractivity contribution in [1.82, 2.24) is 0 Å². The summed E-state index contributed by atoms with van der Waals surface area (Å²) in [6, 6.07) is 2.34. The van der Waals surface area contributed by atoms with Gasteiger partial charge in [-0.3, -0.25) is 4.99 Å². The van der Waals surface area contributed by atoms with E-state index in [1.807, 2.05) is 11.3 Å². The highest BCUT2D eigenvalue weighted by Crippen LogP contribution is 2.46. The van der Waals surface area contributed by atoms with E-state index in [0.29, 0.717) is 0 Å². The maximum Gasteiger partial charge on any atom is 0.154 e. The summed E-state index contributed by atoms with van der Waals surface area (Å²) in [5.74, 6) is 1.11. The normalized spacial score (nSPS) is 28.9. The number of amidine groups is 1. The molecule has 2 heterocycles. The lowest BCUT2D eigenvalue weighted by molar-refractivity contribution is 0.367. The van der Waals surface area contributed by atoms with Crippen LogP contribution in [0.2, 0.25) is 0 Å². The van der Waals surface area contributed by atoms with Crippen molar-refractivity contribution in [3.63, 3.8) is 0 Å². The van der Waals surface area contributed by atoms with Crippen LogP contribution in [-0.4, -0.2) is 10.9 Å². The van der Waals surface area contributed by atoms with Crippen LogP contribution in [0.3, 0.4) is 0 Å². The number of hydrogen-bond donors (Lipinski definition) is 1. The fourth-order valence-electron chi connectivity index (χ4n) is 2.82. The fourth-order valence-corrected chi connectivity index (χ4v) is 4.88. The molecule has 1 aromatic rings. The van der Waals surface area contributed by atoms with Crippen LogP contribution in [-0.2, 0) is 12.0 Å². The number of hydrogen-bond acceptors (Lipinski definition) is 4. The number of rotatable bonds is 0. The molecule has 16 heavy (non-hydrogen) atoms. The van der Waals surface area contributed by atoms with Crippen molar-refractivity contribution in [3.8, 4) is 0 Å². The predicted octanol–water partition coefficient (Wildman–Crippen LogP) is 3.04. The monoisotopic (exact) mass is 252 g/mol. The Hall–Kier alpha value is -0.480. The highest BCUT2D eigenvalue weighted by atomic mass is 32.2. The molecule has 2 aliphatic rings. The molecule has 1 aliphatic heterocycles. The van der Waals surface area contributed by atoms with E-state index in [4.69, 9.17) is 10.7 Å². The van der Waals surface area contributed by atoms with Gasteiger partial charge >= 0.3 is 0 Å². The van der Waals surface area contributed by atoms with Crippen LogP contribution in [0, 0.1) is 6.92 Å². The zero-order valence-corrected chi connectivity index (χ0v) is 11.1. The Morgan fingerprint density at radius 2 is 2.31 bits per heavy atom. The first kappa shape index (κ1) is 10.7. The van der Waals surface area contributed by atoms with Gasteiger partial charge in [-0.05, 0) is 44.2 Å². The molecular formula is C12H16N2S2. The van der Waals surface area contributed by atoms with Gasteiger partial charge in [0, 0.05) is 15.5 Å². The smallest absolute Gasteiger partial charge is 0.154 e. The van der Waals surface area contributed by atoms with Crippen molar-refractivity contribution in [2.45, 2.75) is 38.1 Å². The zero-order valence-electron chi connectivity index (χ0n) is 9.45. The molecule has 1 atom stereocenters. The molecular weight excluding hydrogens is 236 g/mol. The van der Waals surface area contributed by atoms with E-state index in [1.54, 1.807) is 16.6 Å². The Morgan fingerprint density at radius 3 is 3.12 bits per heavy atom. The quantitative estimate of drug-likeness (QED) is 0.770. The molecule has 2 N–H and O–H groups in total. The van der Waals surface area contributed by atoms with Crippen molar-refractivity contribution in [2.75, 3.05) is 5.75 Å². The SMILES string of the molecule is Cc1cc2c(s1)CCCC21CCSC(N)=N1. The zero-order chi connectivity index (χ0) is 11.2. The van der Waals surface area contributed by atoms with E-state index in [1.165, 1.54) is 29.7 Å². The first-order valence-electron chi connectivity index (χ1n) is 5.77. The van der Waals surface area contributed by atoms with Crippen LogP contribution in [0.5, 0.6) is 0 Å². The average molecular weight is 252 g/mol. The van der Waals surface area contributed by atoms with Gasteiger partial charge in [0.1, 0.15) is 0 Å². The summed E-state index contributed by atoms with van der Waals surface area (Å²) in [7, 11) is 0. The van der Waals surface area contributed by atoms with E-state index in [-0.39, 0.29) is 5.54 Å². The minimum atomic E-state index is 0.0354. The molecule has 0 bridgehead atoms. The molecule has 0 radical (unpaired) electrons. The fraction of sp³-hybridized carbons (Fsp3) is 0.583. The van der Waals surface area contributed by atoms with Gasteiger partial charge in [0.05, 0.1) is 5.54 Å². The van der Waals surface area contributed by atoms with Crippen LogP contribution >= 0.6 is 23.1 Å². The van der Waals surface area contributed by atoms with Crippen LogP contribution < -0.4 is 5.73 Å². The summed E-state index contributed by atoms with van der Waals surface area (Å²) >= 11 is 3.64. The number of fused-ring (bicyclic) bond motifs is 2. The van der Waals surface area contributed by atoms with E-state index < -0.39 is 0 Å². The van der Waals surface area contributed by atoms with Crippen LogP contribution in [0.25, 0.3) is 0 Å². The van der Waals surface area contributed by atoms with Gasteiger partial charge in [0.15, 0.2) is 5.17 Å². The Bertz CT molecular complexity index is 450. The van der Waals surface area contributed by atoms with Gasteiger partial charge in [-0.2, -0.15) is 0 Å². The van der Waals surface area contributed by atoms with Crippen LogP contribution in [0.1, 0.15) is 34.6 Å². The van der Waals surface area contributed by atoms with Gasteiger partial charge in [-0.1, -0.05) is 11.8 Å². The summed E-state index contributed by atoms with van der Waals surface area (Å²) in [6.45, 7) is 2.20. The third-order valence-corrected chi connectivity index (χ3v) is 5.42. The lowest BCUT2D eigenvalue weighted by Crippen LogP contribution is -2.34. The van der Waals surface area contributed by atoms with Crippen LogP contribution in [0.15, 0.2) is 11.1 Å². The second kappa shape index (κ2) is 3.77. The lowest BCUT2D eigenvalue weighted by Gasteiger charge is -2.36. The molecule has 3 rings (SSSR count). The van der Waals surface area contributed by atoms with Gasteiger partial charge in [-0.15, -0.1) is 11.3 Å². The number of aliphatic imine (C=N–C) groups is 1. The molecule has 4 heteroatoms. The van der Waals surface area contributed by atoms with Crippen molar-refractivity contribution < 1.29 is 0 Å². The maximum atomic E-state index is 5.92. The van der Waals surface area contributed by atoms with Crippen molar-refractivity contribution in [1.29, 1.82) is 0 Å². The summed E-state index contributed by atoms with van der Waals surface area (Å²) in [5.41, 5.74) is 7.43. The summed E-state index contributed by atoms with van der Waals surface area (Å²) in [5, 5.41) is 0.781. The number of thioether (sulfide) groups is 1. The number of nitrogens with zero attached hydrogens (tertiary/aromatic N) is 1. The third kappa shape index (κ3) is 1.59.